The van der Waals surface area contributed by atoms with Gasteiger partial charge in [0.2, 0.25) is 11.8 Å². The zero-order valence-corrected chi connectivity index (χ0v) is 21.0. The van der Waals surface area contributed by atoms with Gasteiger partial charge in [-0.25, -0.2) is 0 Å². The Labute approximate surface area is 209 Å². The van der Waals surface area contributed by atoms with Crippen LogP contribution in [0.25, 0.3) is 0 Å². The number of ether oxygens (including phenoxy) is 1. The Morgan fingerprint density at radius 2 is 1.69 bits per heavy atom. The lowest BCUT2D eigenvalue weighted by Gasteiger charge is -2.25. The first kappa shape index (κ1) is 26.7. The van der Waals surface area contributed by atoms with Crippen molar-refractivity contribution in [2.24, 2.45) is 17.6 Å². The Morgan fingerprint density at radius 3 is 2.34 bits per heavy atom. The Kier molecular flexibility index (Phi) is 10.6. The van der Waals surface area contributed by atoms with E-state index < -0.39 is 12.1 Å². The van der Waals surface area contributed by atoms with Gasteiger partial charge in [-0.3, -0.25) is 9.59 Å². The fourth-order valence-corrected chi connectivity index (χ4v) is 4.26. The van der Waals surface area contributed by atoms with Crippen molar-refractivity contribution in [2.45, 2.75) is 58.2 Å². The Balaban J connectivity index is 1.60. The van der Waals surface area contributed by atoms with Gasteiger partial charge in [-0.2, -0.15) is 0 Å². The van der Waals surface area contributed by atoms with Crippen molar-refractivity contribution in [1.29, 1.82) is 0 Å². The maximum atomic E-state index is 13.1. The number of nitrogens with two attached hydrogens (primary N) is 1. The van der Waals surface area contributed by atoms with Crippen LogP contribution in [0.1, 0.15) is 44.2 Å². The topological polar surface area (TPSA) is 105 Å². The summed E-state index contributed by atoms with van der Waals surface area (Å²) in [5.41, 5.74) is 8.13. The molecule has 7 nitrogen and oxygen atoms in total. The number of carbonyl (C=O) groups is 2. The third-order valence-corrected chi connectivity index (χ3v) is 6.33. The first-order valence-electron chi connectivity index (χ1n) is 12.7. The molecule has 2 atom stereocenters. The molecule has 0 radical (unpaired) electrons. The van der Waals surface area contributed by atoms with Crippen molar-refractivity contribution in [3.63, 3.8) is 0 Å². The van der Waals surface area contributed by atoms with E-state index in [2.05, 4.69) is 16.0 Å². The lowest BCUT2D eigenvalue weighted by molar-refractivity contribution is -0.129. The first-order valence-corrected chi connectivity index (χ1v) is 12.7. The lowest BCUT2D eigenvalue weighted by atomic mass is 9.97. The highest BCUT2D eigenvalue weighted by Gasteiger charge is 2.25. The number of nitrogens with one attached hydrogen (secondary N) is 3. The van der Waals surface area contributed by atoms with Gasteiger partial charge >= 0.3 is 0 Å². The molecular weight excluding hydrogens is 440 g/mol. The van der Waals surface area contributed by atoms with Crippen molar-refractivity contribution in [3.8, 4) is 5.75 Å². The van der Waals surface area contributed by atoms with E-state index in [0.29, 0.717) is 37.8 Å². The summed E-state index contributed by atoms with van der Waals surface area (Å²) in [6.45, 7) is 7.12. The van der Waals surface area contributed by atoms with Gasteiger partial charge in [0.05, 0.1) is 6.04 Å². The highest BCUT2D eigenvalue weighted by molar-refractivity contribution is 5.89. The van der Waals surface area contributed by atoms with Crippen LogP contribution in [0.5, 0.6) is 5.75 Å². The molecule has 0 spiro atoms. The molecule has 1 heterocycles. The van der Waals surface area contributed by atoms with E-state index in [9.17, 15) is 9.59 Å². The van der Waals surface area contributed by atoms with Gasteiger partial charge < -0.3 is 26.4 Å². The third kappa shape index (κ3) is 9.34. The number of hydrogen-bond acceptors (Lipinski definition) is 5. The van der Waals surface area contributed by atoms with Crippen LogP contribution in [-0.2, 0) is 22.6 Å². The summed E-state index contributed by atoms with van der Waals surface area (Å²) in [5, 5.41) is 9.30. The van der Waals surface area contributed by atoms with E-state index in [-0.39, 0.29) is 11.8 Å². The summed E-state index contributed by atoms with van der Waals surface area (Å²) in [5.74, 6) is 1.06. The van der Waals surface area contributed by atoms with Crippen LogP contribution in [0.3, 0.4) is 0 Å². The molecule has 1 fully saturated rings. The number of benzene rings is 2. The zero-order chi connectivity index (χ0) is 25.0. The Morgan fingerprint density at radius 1 is 1.00 bits per heavy atom. The maximum Gasteiger partial charge on any atom is 0.242 e. The van der Waals surface area contributed by atoms with Crippen LogP contribution in [0.4, 0.5) is 0 Å². The summed E-state index contributed by atoms with van der Waals surface area (Å²) in [4.78, 5) is 25.8. The molecule has 5 N–H and O–H groups in total. The minimum Gasteiger partial charge on any atom is -0.489 e. The molecule has 2 aromatic rings. The predicted octanol–water partition coefficient (Wildman–Crippen LogP) is 2.78. The SMILES string of the molecule is CC(C)CC(N)C(=O)NC(Cc1ccc(OCc2ccccc2)cc1)C(=O)NCC1CCNCC1. The Hall–Kier alpha value is -2.90. The molecule has 2 amide bonds. The van der Waals surface area contributed by atoms with Crippen LogP contribution in [0.15, 0.2) is 54.6 Å². The number of piperidine rings is 1. The second-order valence-electron chi connectivity index (χ2n) is 9.86. The van der Waals surface area contributed by atoms with Crippen LogP contribution in [0, 0.1) is 11.8 Å². The molecule has 3 rings (SSSR count). The van der Waals surface area contributed by atoms with Crippen LogP contribution in [0.2, 0.25) is 0 Å². The first-order chi connectivity index (χ1) is 16.9. The zero-order valence-electron chi connectivity index (χ0n) is 21.0. The minimum absolute atomic E-state index is 0.168. The number of hydrogen-bond donors (Lipinski definition) is 4. The van der Waals surface area contributed by atoms with Crippen LogP contribution < -0.4 is 26.4 Å². The van der Waals surface area contributed by atoms with E-state index in [1.165, 1.54) is 0 Å². The molecule has 1 aliphatic heterocycles. The van der Waals surface area contributed by atoms with Crippen molar-refractivity contribution >= 4 is 11.8 Å². The highest BCUT2D eigenvalue weighted by Crippen LogP contribution is 2.16. The molecule has 0 bridgehead atoms. The lowest BCUT2D eigenvalue weighted by Crippen LogP contribution is -2.53. The largest absolute Gasteiger partial charge is 0.489 e. The van der Waals surface area contributed by atoms with E-state index in [1.807, 2.05) is 68.4 Å². The van der Waals surface area contributed by atoms with E-state index in [0.717, 1.165) is 42.8 Å². The van der Waals surface area contributed by atoms with Gasteiger partial charge in [0, 0.05) is 13.0 Å². The third-order valence-electron chi connectivity index (χ3n) is 6.33. The van der Waals surface area contributed by atoms with E-state index in [1.54, 1.807) is 0 Å². The molecule has 0 aliphatic carbocycles. The number of amides is 2. The number of carbonyl (C=O) groups excluding carboxylic acids is 2. The normalized spacial score (nSPS) is 15.9. The summed E-state index contributed by atoms with van der Waals surface area (Å²) in [7, 11) is 0. The average Bonchev–Trinajstić information content (AvgIpc) is 2.87. The summed E-state index contributed by atoms with van der Waals surface area (Å²) >= 11 is 0. The van der Waals surface area contributed by atoms with Gasteiger partial charge in [-0.05, 0) is 67.4 Å². The van der Waals surface area contributed by atoms with Crippen molar-refractivity contribution in [1.82, 2.24) is 16.0 Å². The van der Waals surface area contributed by atoms with Gasteiger partial charge in [0.15, 0.2) is 0 Å². The average molecular weight is 481 g/mol. The summed E-state index contributed by atoms with van der Waals surface area (Å²) in [6, 6.07) is 16.3. The Bertz CT molecular complexity index is 912. The molecular formula is C28H40N4O3. The second-order valence-corrected chi connectivity index (χ2v) is 9.86. The second kappa shape index (κ2) is 13.9. The van der Waals surface area contributed by atoms with Crippen LogP contribution >= 0.6 is 0 Å². The van der Waals surface area contributed by atoms with Crippen molar-refractivity contribution in [2.75, 3.05) is 19.6 Å². The molecule has 35 heavy (non-hydrogen) atoms. The number of rotatable bonds is 12. The van der Waals surface area contributed by atoms with E-state index in [4.69, 9.17) is 10.5 Å². The molecule has 190 valence electrons. The molecule has 7 heteroatoms. The smallest absolute Gasteiger partial charge is 0.242 e. The fraction of sp³-hybridized carbons (Fsp3) is 0.500. The van der Waals surface area contributed by atoms with Crippen molar-refractivity contribution < 1.29 is 14.3 Å². The molecule has 1 saturated heterocycles. The summed E-state index contributed by atoms with van der Waals surface area (Å²) in [6.07, 6.45) is 3.04. The standard InChI is InChI=1S/C28H40N4O3/c1-20(2)16-25(29)27(33)32-26(28(34)31-18-22-12-14-30-15-13-22)17-21-8-10-24(11-9-21)35-19-23-6-4-3-5-7-23/h3-11,20,22,25-26,30H,12-19,29H2,1-2H3,(H,31,34)(H,32,33). The molecule has 0 saturated carbocycles. The quantitative estimate of drug-likeness (QED) is 0.374. The molecule has 1 aliphatic rings. The van der Waals surface area contributed by atoms with Gasteiger partial charge in [-0.15, -0.1) is 0 Å². The highest BCUT2D eigenvalue weighted by atomic mass is 16.5. The predicted molar refractivity (Wildman–Crippen MR) is 139 cm³/mol. The van der Waals surface area contributed by atoms with Gasteiger partial charge in [0.25, 0.3) is 0 Å². The molecule has 2 unspecified atom stereocenters. The van der Waals surface area contributed by atoms with Crippen LogP contribution in [-0.4, -0.2) is 43.5 Å². The van der Waals surface area contributed by atoms with Crippen molar-refractivity contribution in [3.05, 3.63) is 65.7 Å². The minimum atomic E-state index is -0.682. The van der Waals surface area contributed by atoms with Gasteiger partial charge in [-0.1, -0.05) is 56.3 Å². The van der Waals surface area contributed by atoms with E-state index >= 15 is 0 Å². The monoisotopic (exact) mass is 480 g/mol. The maximum absolute atomic E-state index is 13.1. The molecule has 0 aromatic heterocycles. The fourth-order valence-electron chi connectivity index (χ4n) is 4.26. The molecule has 2 aromatic carbocycles. The van der Waals surface area contributed by atoms with Gasteiger partial charge in [0.1, 0.15) is 18.4 Å². The summed E-state index contributed by atoms with van der Waals surface area (Å²) < 4.78 is 5.87.